The highest BCUT2D eigenvalue weighted by Gasteiger charge is 2.51. The molecule has 0 spiro atoms. The first-order chi connectivity index (χ1) is 9.62. The third kappa shape index (κ3) is 2.31. The fourth-order valence-corrected chi connectivity index (χ4v) is 2.86. The minimum atomic E-state index is -0.552. The van der Waals surface area contributed by atoms with Crippen molar-refractivity contribution in [3.8, 4) is 0 Å². The Morgan fingerprint density at radius 2 is 2.10 bits per heavy atom. The number of β-amino-alcohol motifs (C(OH)–C–C–N with tert-alkyl or cyclic N) is 1. The second-order valence-corrected chi connectivity index (χ2v) is 6.29. The molecule has 108 valence electrons. The van der Waals surface area contributed by atoms with Crippen LogP contribution in [0.3, 0.4) is 0 Å². The molecule has 1 amide bonds. The monoisotopic (exact) mass is 278 g/mol. The van der Waals surface area contributed by atoms with Gasteiger partial charge in [-0.05, 0) is 31.6 Å². The lowest BCUT2D eigenvalue weighted by Crippen LogP contribution is -2.64. The van der Waals surface area contributed by atoms with Crippen molar-refractivity contribution in [3.05, 3.63) is 5.89 Å². The summed E-state index contributed by atoms with van der Waals surface area (Å²) < 4.78 is 5.38. The van der Waals surface area contributed by atoms with E-state index in [1.807, 2.05) is 4.90 Å². The molecule has 2 saturated carbocycles. The summed E-state index contributed by atoms with van der Waals surface area (Å²) in [4.78, 5) is 13.8. The van der Waals surface area contributed by atoms with Gasteiger partial charge in [-0.15, -0.1) is 5.10 Å². The van der Waals surface area contributed by atoms with E-state index < -0.39 is 5.60 Å². The quantitative estimate of drug-likeness (QED) is 0.807. The Balaban J connectivity index is 1.26. The average Bonchev–Trinajstić information content (AvgIpc) is 3.26. The third-order valence-electron chi connectivity index (χ3n) is 4.31. The van der Waals surface area contributed by atoms with Gasteiger partial charge in [-0.25, -0.2) is 0 Å². The predicted molar refractivity (Wildman–Crippen MR) is 69.0 cm³/mol. The van der Waals surface area contributed by atoms with Crippen LogP contribution in [0.15, 0.2) is 4.42 Å². The van der Waals surface area contributed by atoms with Gasteiger partial charge in [-0.1, -0.05) is 5.10 Å². The highest BCUT2D eigenvalue weighted by atomic mass is 16.4. The number of carbonyl (C=O) groups excluding carboxylic acids is 1. The third-order valence-corrected chi connectivity index (χ3v) is 4.31. The zero-order valence-corrected chi connectivity index (χ0v) is 11.2. The van der Waals surface area contributed by atoms with E-state index in [9.17, 15) is 9.90 Å². The molecule has 2 heterocycles. The van der Waals surface area contributed by atoms with Crippen LogP contribution in [0.25, 0.3) is 0 Å². The maximum Gasteiger partial charge on any atom is 0.322 e. The molecular weight excluding hydrogens is 260 g/mol. The van der Waals surface area contributed by atoms with Crippen LogP contribution in [0.4, 0.5) is 6.01 Å². The minimum absolute atomic E-state index is 0.172. The molecule has 20 heavy (non-hydrogen) atoms. The number of amides is 1. The Bertz CT molecular complexity index is 529. The number of carbonyl (C=O) groups is 1. The van der Waals surface area contributed by atoms with Crippen LogP contribution in [-0.4, -0.2) is 51.3 Å². The Labute approximate surface area is 116 Å². The standard InChI is InChI=1S/C13H18N4O3/c18-10(5-17-6-13(19,7-17)9-3-4-9)14-12-16-15-11(20-12)8-1-2-8/h8-9,19H,1-7H2,(H,14,16,18). The van der Waals surface area contributed by atoms with Gasteiger partial charge in [-0.2, -0.15) is 0 Å². The van der Waals surface area contributed by atoms with Gasteiger partial charge >= 0.3 is 6.01 Å². The fourth-order valence-electron chi connectivity index (χ4n) is 2.86. The molecule has 1 aromatic heterocycles. The van der Waals surface area contributed by atoms with Crippen molar-refractivity contribution < 1.29 is 14.3 Å². The summed E-state index contributed by atoms with van der Waals surface area (Å²) in [7, 11) is 0. The average molecular weight is 278 g/mol. The van der Waals surface area contributed by atoms with Gasteiger partial charge in [0, 0.05) is 19.0 Å². The number of hydrogen-bond acceptors (Lipinski definition) is 6. The van der Waals surface area contributed by atoms with Crippen molar-refractivity contribution in [1.29, 1.82) is 0 Å². The van der Waals surface area contributed by atoms with Crippen LogP contribution < -0.4 is 5.32 Å². The Morgan fingerprint density at radius 3 is 2.75 bits per heavy atom. The molecule has 1 aliphatic heterocycles. The van der Waals surface area contributed by atoms with Gasteiger partial charge in [-0.3, -0.25) is 15.0 Å². The number of nitrogens with zero attached hydrogens (tertiary/aromatic N) is 3. The Kier molecular flexibility index (Phi) is 2.62. The Hall–Kier alpha value is -1.47. The SMILES string of the molecule is O=C(CN1CC(O)(C2CC2)C1)Nc1nnc(C2CC2)o1. The van der Waals surface area contributed by atoms with E-state index in [1.165, 1.54) is 0 Å². The molecule has 0 bridgehead atoms. The van der Waals surface area contributed by atoms with Crippen LogP contribution >= 0.6 is 0 Å². The second kappa shape index (κ2) is 4.26. The number of likely N-dealkylation sites (tertiary alicyclic amines) is 1. The Morgan fingerprint density at radius 1 is 1.35 bits per heavy atom. The number of aliphatic hydroxyl groups is 1. The summed E-state index contributed by atoms with van der Waals surface area (Å²) in [6.07, 6.45) is 4.40. The largest absolute Gasteiger partial charge is 0.408 e. The van der Waals surface area contributed by atoms with E-state index in [-0.39, 0.29) is 18.5 Å². The van der Waals surface area contributed by atoms with Gasteiger partial charge in [0.2, 0.25) is 11.8 Å². The van der Waals surface area contributed by atoms with E-state index in [0.29, 0.717) is 30.8 Å². The molecule has 1 aromatic rings. The zero-order valence-electron chi connectivity index (χ0n) is 11.2. The molecule has 0 radical (unpaired) electrons. The van der Waals surface area contributed by atoms with Crippen molar-refractivity contribution in [2.75, 3.05) is 25.0 Å². The smallest absolute Gasteiger partial charge is 0.322 e. The molecule has 1 saturated heterocycles. The maximum atomic E-state index is 11.8. The number of hydrogen-bond donors (Lipinski definition) is 2. The van der Waals surface area contributed by atoms with Gasteiger partial charge in [0.1, 0.15) is 0 Å². The van der Waals surface area contributed by atoms with Crippen molar-refractivity contribution >= 4 is 11.9 Å². The topological polar surface area (TPSA) is 91.5 Å². The minimum Gasteiger partial charge on any atom is -0.408 e. The van der Waals surface area contributed by atoms with Crippen molar-refractivity contribution in [1.82, 2.24) is 15.1 Å². The second-order valence-electron chi connectivity index (χ2n) is 6.29. The lowest BCUT2D eigenvalue weighted by Gasteiger charge is -2.46. The molecule has 4 rings (SSSR count). The van der Waals surface area contributed by atoms with Gasteiger partial charge in [0.15, 0.2) is 0 Å². The molecule has 3 fully saturated rings. The van der Waals surface area contributed by atoms with Crippen LogP contribution in [0, 0.1) is 5.92 Å². The number of nitrogens with one attached hydrogen (secondary N) is 1. The lowest BCUT2D eigenvalue weighted by atomic mass is 9.89. The van der Waals surface area contributed by atoms with Gasteiger partial charge < -0.3 is 9.52 Å². The van der Waals surface area contributed by atoms with E-state index in [2.05, 4.69) is 15.5 Å². The molecule has 0 unspecified atom stereocenters. The van der Waals surface area contributed by atoms with E-state index in [1.54, 1.807) is 0 Å². The fraction of sp³-hybridized carbons (Fsp3) is 0.769. The van der Waals surface area contributed by atoms with Crippen molar-refractivity contribution in [3.63, 3.8) is 0 Å². The van der Waals surface area contributed by atoms with Gasteiger partial charge in [0.25, 0.3) is 0 Å². The van der Waals surface area contributed by atoms with E-state index >= 15 is 0 Å². The normalized spacial score (nSPS) is 25.2. The predicted octanol–water partition coefficient (Wildman–Crippen LogP) is 0.342. The molecule has 7 heteroatoms. The first-order valence-corrected chi connectivity index (χ1v) is 7.20. The van der Waals surface area contributed by atoms with E-state index in [4.69, 9.17) is 4.42 Å². The van der Waals surface area contributed by atoms with Crippen LogP contribution in [-0.2, 0) is 4.79 Å². The molecular formula is C13H18N4O3. The first-order valence-electron chi connectivity index (χ1n) is 7.20. The van der Waals surface area contributed by atoms with Crippen LogP contribution in [0.2, 0.25) is 0 Å². The summed E-state index contributed by atoms with van der Waals surface area (Å²) in [5.41, 5.74) is -0.552. The first kappa shape index (κ1) is 12.3. The van der Waals surface area contributed by atoms with E-state index in [0.717, 1.165) is 25.7 Å². The summed E-state index contributed by atoms with van der Waals surface area (Å²) in [5.74, 6) is 1.28. The van der Waals surface area contributed by atoms with Crippen LogP contribution in [0.5, 0.6) is 0 Å². The summed E-state index contributed by atoms with van der Waals surface area (Å²) in [5, 5.41) is 20.5. The molecule has 2 N–H and O–H groups in total. The summed E-state index contributed by atoms with van der Waals surface area (Å²) >= 11 is 0. The highest BCUT2D eigenvalue weighted by molar-refractivity contribution is 5.90. The lowest BCUT2D eigenvalue weighted by molar-refractivity contribution is -0.132. The molecule has 2 aliphatic carbocycles. The number of rotatable bonds is 5. The molecule has 7 nitrogen and oxygen atoms in total. The van der Waals surface area contributed by atoms with Crippen molar-refractivity contribution in [2.45, 2.75) is 37.2 Å². The molecule has 0 atom stereocenters. The number of aromatic nitrogens is 2. The molecule has 0 aromatic carbocycles. The van der Waals surface area contributed by atoms with Gasteiger partial charge in [0.05, 0.1) is 12.1 Å². The summed E-state index contributed by atoms with van der Waals surface area (Å²) in [6, 6.07) is 0.176. The molecule has 3 aliphatic rings. The van der Waals surface area contributed by atoms with Crippen molar-refractivity contribution in [2.24, 2.45) is 5.92 Å². The van der Waals surface area contributed by atoms with Crippen LogP contribution in [0.1, 0.15) is 37.5 Å². The zero-order chi connectivity index (χ0) is 13.7. The maximum absolute atomic E-state index is 11.8. The number of anilines is 1. The summed E-state index contributed by atoms with van der Waals surface area (Å²) in [6.45, 7) is 1.43. The highest BCUT2D eigenvalue weighted by Crippen LogP contribution is 2.44.